The molecule has 1 unspecified atom stereocenters. The molecule has 3 heterocycles. The van der Waals surface area contributed by atoms with Gasteiger partial charge in [-0.2, -0.15) is 10.2 Å². The quantitative estimate of drug-likeness (QED) is 0.751. The van der Waals surface area contributed by atoms with E-state index in [-0.39, 0.29) is 17.8 Å². The van der Waals surface area contributed by atoms with Gasteiger partial charge in [0, 0.05) is 18.2 Å². The molecular weight excluding hydrogens is 361 g/mol. The highest BCUT2D eigenvalue weighted by Crippen LogP contribution is 2.21. The van der Waals surface area contributed by atoms with Crippen LogP contribution in [-0.4, -0.2) is 50.4 Å². The van der Waals surface area contributed by atoms with Gasteiger partial charge in [0.15, 0.2) is 0 Å². The number of piperidine rings is 1. The number of carbonyl (C=O) groups excluding carboxylic acids is 1. The Hall–Kier alpha value is -3.29. The van der Waals surface area contributed by atoms with Crippen molar-refractivity contribution in [3.8, 4) is 17.1 Å². The van der Waals surface area contributed by atoms with Gasteiger partial charge in [0.2, 0.25) is 5.88 Å². The van der Waals surface area contributed by atoms with E-state index in [9.17, 15) is 9.18 Å². The third kappa shape index (κ3) is 4.00. The fourth-order valence-electron chi connectivity index (χ4n) is 3.21. The second-order valence-corrected chi connectivity index (χ2v) is 6.82. The molecule has 0 saturated carbocycles. The number of carbonyl (C=O) groups is 1. The molecule has 2 aromatic heterocycles. The highest BCUT2D eigenvalue weighted by atomic mass is 19.1. The predicted octanol–water partition coefficient (Wildman–Crippen LogP) is 3.00. The molecule has 1 aromatic carbocycles. The Labute approximate surface area is 161 Å². The van der Waals surface area contributed by atoms with Crippen molar-refractivity contribution in [1.29, 1.82) is 0 Å². The Bertz CT molecular complexity index is 955. The molecule has 0 spiro atoms. The molecule has 3 aromatic rings. The van der Waals surface area contributed by atoms with E-state index in [2.05, 4.69) is 20.4 Å². The first-order valence-corrected chi connectivity index (χ1v) is 9.16. The number of nitrogens with zero attached hydrogens (tertiary/aromatic N) is 4. The number of rotatable bonds is 4. The van der Waals surface area contributed by atoms with Gasteiger partial charge in [0.1, 0.15) is 17.6 Å². The van der Waals surface area contributed by atoms with Gasteiger partial charge in [-0.15, -0.1) is 5.10 Å². The molecule has 1 saturated heterocycles. The van der Waals surface area contributed by atoms with Crippen molar-refractivity contribution in [2.75, 3.05) is 13.1 Å². The van der Waals surface area contributed by atoms with Gasteiger partial charge in [0.05, 0.1) is 17.9 Å². The molecule has 28 heavy (non-hydrogen) atoms. The van der Waals surface area contributed by atoms with Gasteiger partial charge in [0.25, 0.3) is 5.91 Å². The largest absolute Gasteiger partial charge is 0.471 e. The number of aromatic amines is 1. The van der Waals surface area contributed by atoms with E-state index in [0.717, 1.165) is 24.1 Å². The zero-order valence-electron chi connectivity index (χ0n) is 15.4. The lowest BCUT2D eigenvalue weighted by Gasteiger charge is -2.32. The molecule has 0 aliphatic carbocycles. The zero-order valence-corrected chi connectivity index (χ0v) is 15.4. The van der Waals surface area contributed by atoms with Crippen molar-refractivity contribution in [3.63, 3.8) is 0 Å². The Balaban J connectivity index is 1.43. The number of benzene rings is 1. The number of halogens is 1. The number of ether oxygens (including phenoxy) is 1. The lowest BCUT2D eigenvalue weighted by molar-refractivity contribution is 0.0520. The maximum atomic E-state index is 13.1. The topological polar surface area (TPSA) is 84.0 Å². The van der Waals surface area contributed by atoms with Crippen molar-refractivity contribution in [2.45, 2.75) is 25.9 Å². The summed E-state index contributed by atoms with van der Waals surface area (Å²) >= 11 is 0. The van der Waals surface area contributed by atoms with Crippen LogP contribution in [0.2, 0.25) is 0 Å². The van der Waals surface area contributed by atoms with Crippen LogP contribution in [0.5, 0.6) is 5.88 Å². The molecule has 1 atom stereocenters. The van der Waals surface area contributed by atoms with E-state index in [4.69, 9.17) is 4.74 Å². The van der Waals surface area contributed by atoms with Crippen LogP contribution in [0.3, 0.4) is 0 Å². The van der Waals surface area contributed by atoms with Crippen LogP contribution in [0.25, 0.3) is 11.3 Å². The first-order valence-electron chi connectivity index (χ1n) is 9.16. The van der Waals surface area contributed by atoms with Crippen molar-refractivity contribution in [3.05, 3.63) is 59.7 Å². The Kier molecular flexibility index (Phi) is 5.01. The maximum Gasteiger partial charge on any atom is 0.272 e. The van der Waals surface area contributed by atoms with Gasteiger partial charge in [-0.1, -0.05) is 0 Å². The number of likely N-dealkylation sites (tertiary alicyclic amines) is 1. The molecule has 1 amide bonds. The average Bonchev–Trinajstić information content (AvgIpc) is 3.20. The minimum atomic E-state index is -0.312. The minimum absolute atomic E-state index is 0.130. The maximum absolute atomic E-state index is 13.1. The van der Waals surface area contributed by atoms with E-state index in [0.29, 0.717) is 30.4 Å². The molecule has 1 fully saturated rings. The van der Waals surface area contributed by atoms with E-state index >= 15 is 0 Å². The molecule has 4 rings (SSSR count). The fraction of sp³-hybridized carbons (Fsp3) is 0.300. The second kappa shape index (κ2) is 7.75. The number of hydrogen-bond acceptors (Lipinski definition) is 5. The first kappa shape index (κ1) is 18.1. The Morgan fingerprint density at radius 1 is 1.21 bits per heavy atom. The standard InChI is InChI=1S/C20H20FN5O2/c1-13-4-9-19(25-22-13)28-16-3-2-10-26(12-16)20(27)18-11-17(23-24-18)14-5-7-15(21)8-6-14/h4-9,11,16H,2-3,10,12H2,1H3,(H,23,24). The highest BCUT2D eigenvalue weighted by Gasteiger charge is 2.27. The summed E-state index contributed by atoms with van der Waals surface area (Å²) in [5.74, 6) is 0.0161. The molecule has 144 valence electrons. The summed E-state index contributed by atoms with van der Waals surface area (Å²) in [6.45, 7) is 2.99. The molecular formula is C20H20FN5O2. The molecule has 8 heteroatoms. The SMILES string of the molecule is Cc1ccc(OC2CCCN(C(=O)c3cc(-c4ccc(F)cc4)n[nH]3)C2)nn1. The number of hydrogen-bond donors (Lipinski definition) is 1. The number of amides is 1. The summed E-state index contributed by atoms with van der Waals surface area (Å²) in [7, 11) is 0. The monoisotopic (exact) mass is 381 g/mol. The molecule has 7 nitrogen and oxygen atoms in total. The minimum Gasteiger partial charge on any atom is -0.471 e. The van der Waals surface area contributed by atoms with Gasteiger partial charge in [-0.25, -0.2) is 4.39 Å². The van der Waals surface area contributed by atoms with Crippen molar-refractivity contribution >= 4 is 5.91 Å². The van der Waals surface area contributed by atoms with Crippen molar-refractivity contribution in [1.82, 2.24) is 25.3 Å². The molecule has 0 bridgehead atoms. The number of H-pyrrole nitrogens is 1. The third-order valence-corrected chi connectivity index (χ3v) is 4.67. The zero-order chi connectivity index (χ0) is 19.5. The summed E-state index contributed by atoms with van der Waals surface area (Å²) in [5, 5.41) is 15.0. The van der Waals surface area contributed by atoms with Gasteiger partial charge in [-0.3, -0.25) is 9.89 Å². The highest BCUT2D eigenvalue weighted by molar-refractivity contribution is 5.93. The van der Waals surface area contributed by atoms with Crippen LogP contribution in [0.4, 0.5) is 4.39 Å². The first-order chi connectivity index (χ1) is 13.6. The summed E-state index contributed by atoms with van der Waals surface area (Å²) in [4.78, 5) is 14.6. The number of nitrogens with one attached hydrogen (secondary N) is 1. The molecule has 0 radical (unpaired) electrons. The lowest BCUT2D eigenvalue weighted by atomic mass is 10.1. The van der Waals surface area contributed by atoms with Gasteiger partial charge >= 0.3 is 0 Å². The summed E-state index contributed by atoms with van der Waals surface area (Å²) < 4.78 is 19.0. The average molecular weight is 381 g/mol. The fourth-order valence-corrected chi connectivity index (χ4v) is 3.21. The van der Waals surface area contributed by atoms with E-state index in [1.165, 1.54) is 12.1 Å². The van der Waals surface area contributed by atoms with Crippen LogP contribution >= 0.6 is 0 Å². The number of aryl methyl sites for hydroxylation is 1. The van der Waals surface area contributed by atoms with Crippen LogP contribution in [0.15, 0.2) is 42.5 Å². The summed E-state index contributed by atoms with van der Waals surface area (Å²) in [5.41, 5.74) is 2.57. The van der Waals surface area contributed by atoms with Crippen LogP contribution in [-0.2, 0) is 0 Å². The van der Waals surface area contributed by atoms with Crippen LogP contribution < -0.4 is 4.74 Å². The second-order valence-electron chi connectivity index (χ2n) is 6.82. The van der Waals surface area contributed by atoms with Crippen molar-refractivity contribution in [2.24, 2.45) is 0 Å². The van der Waals surface area contributed by atoms with E-state index in [1.54, 1.807) is 29.2 Å². The van der Waals surface area contributed by atoms with E-state index in [1.807, 2.05) is 13.0 Å². The van der Waals surface area contributed by atoms with Crippen LogP contribution in [0, 0.1) is 12.7 Å². The number of aromatic nitrogens is 4. The third-order valence-electron chi connectivity index (χ3n) is 4.67. The van der Waals surface area contributed by atoms with Crippen LogP contribution in [0.1, 0.15) is 29.0 Å². The summed E-state index contributed by atoms with van der Waals surface area (Å²) in [6.07, 6.45) is 1.56. The summed E-state index contributed by atoms with van der Waals surface area (Å²) in [6, 6.07) is 11.3. The molecule has 1 aliphatic rings. The normalized spacial score (nSPS) is 16.8. The smallest absolute Gasteiger partial charge is 0.272 e. The van der Waals surface area contributed by atoms with E-state index < -0.39 is 0 Å². The Morgan fingerprint density at radius 2 is 2.04 bits per heavy atom. The predicted molar refractivity (Wildman–Crippen MR) is 100 cm³/mol. The van der Waals surface area contributed by atoms with Gasteiger partial charge in [-0.05, 0) is 56.2 Å². The Morgan fingerprint density at radius 3 is 2.79 bits per heavy atom. The molecule has 1 aliphatic heterocycles. The van der Waals surface area contributed by atoms with Crippen molar-refractivity contribution < 1.29 is 13.9 Å². The van der Waals surface area contributed by atoms with Gasteiger partial charge < -0.3 is 9.64 Å². The lowest BCUT2D eigenvalue weighted by Crippen LogP contribution is -2.44. The molecule has 1 N–H and O–H groups in total.